The van der Waals surface area contributed by atoms with E-state index in [1.54, 1.807) is 48.7 Å². The molecule has 0 bridgehead atoms. The van der Waals surface area contributed by atoms with E-state index in [9.17, 15) is 14.9 Å². The lowest BCUT2D eigenvalue weighted by Gasteiger charge is -2.17. The maximum atomic E-state index is 13.8. The zero-order chi connectivity index (χ0) is 32.2. The summed E-state index contributed by atoms with van der Waals surface area (Å²) in [4.78, 5) is 29.3. The molecule has 0 atom stereocenters. The largest absolute Gasteiger partial charge is 0.490 e. The molecule has 2 heterocycles. The molecule has 0 N–H and O–H groups in total. The third-order valence-electron chi connectivity index (χ3n) is 7.10. The monoisotopic (exact) mass is 678 g/mol. The van der Waals surface area contributed by atoms with Crippen molar-refractivity contribution in [1.29, 1.82) is 0 Å². The predicted molar refractivity (Wildman–Crippen MR) is 181 cm³/mol. The summed E-state index contributed by atoms with van der Waals surface area (Å²) in [6, 6.07) is 24.5. The fourth-order valence-electron chi connectivity index (χ4n) is 5.05. The summed E-state index contributed by atoms with van der Waals surface area (Å²) >= 11 is 3.49. The van der Waals surface area contributed by atoms with Gasteiger partial charge in [0.2, 0.25) is 5.82 Å². The smallest absolute Gasteiger partial charge is 0.282 e. The van der Waals surface area contributed by atoms with Crippen LogP contribution < -0.4 is 15.0 Å². The molecular weight excluding hydrogens is 652 g/mol. The van der Waals surface area contributed by atoms with E-state index in [1.165, 1.54) is 16.8 Å². The number of para-hydroxylation sites is 1. The molecule has 0 aliphatic carbocycles. The molecule has 230 valence electrons. The van der Waals surface area contributed by atoms with Crippen molar-refractivity contribution in [2.24, 2.45) is 5.10 Å². The van der Waals surface area contributed by atoms with Gasteiger partial charge in [0, 0.05) is 27.6 Å². The molecule has 0 amide bonds. The number of allylic oxidation sites excluding steroid dienone is 1. The van der Waals surface area contributed by atoms with Gasteiger partial charge in [0.05, 0.1) is 28.6 Å². The van der Waals surface area contributed by atoms with Gasteiger partial charge in [-0.15, -0.1) is 6.58 Å². The average Bonchev–Trinajstić information content (AvgIpc) is 3.47. The molecule has 2 aromatic heterocycles. The van der Waals surface area contributed by atoms with Gasteiger partial charge in [-0.2, -0.15) is 9.78 Å². The molecule has 0 unspecified atom stereocenters. The van der Waals surface area contributed by atoms with Crippen LogP contribution in [0.25, 0.3) is 33.5 Å². The van der Waals surface area contributed by atoms with Crippen LogP contribution in [0.15, 0.2) is 116 Å². The van der Waals surface area contributed by atoms with Crippen molar-refractivity contribution in [2.75, 3.05) is 6.61 Å². The molecule has 0 saturated carbocycles. The molecule has 0 saturated heterocycles. The SMILES string of the molecule is C=CCc1cc(C=Nn2c(-c3cc4cc(Br)ccc4o3)nc3ccccc3c2=O)cc(OCC)c1OCc1cccc([N+](=O)[O-])c1. The number of fused-ring (bicyclic) bond motifs is 2. The molecule has 11 heteroatoms. The van der Waals surface area contributed by atoms with Crippen LogP contribution in [0.4, 0.5) is 5.69 Å². The Bertz CT molecular complexity index is 2200. The number of hydrogen-bond donors (Lipinski definition) is 0. The number of nitro groups is 1. The minimum atomic E-state index is -0.443. The standard InChI is InChI=1S/C35H27BrN4O6/c1-3-8-24-15-23(17-31(44-4-2)33(24)45-21-22-9-7-10-27(16-22)40(42)43)20-37-39-34(38-29-12-6-5-11-28(29)35(39)41)32-19-25-18-26(36)13-14-30(25)46-32/h3,5-7,9-20H,1,4,8,21H2,2H3. The van der Waals surface area contributed by atoms with Crippen LogP contribution in [-0.2, 0) is 13.0 Å². The van der Waals surface area contributed by atoms with Gasteiger partial charge in [-0.25, -0.2) is 4.98 Å². The first-order valence-electron chi connectivity index (χ1n) is 14.4. The number of furan rings is 1. The Morgan fingerprint density at radius 3 is 2.72 bits per heavy atom. The van der Waals surface area contributed by atoms with Crippen molar-refractivity contribution in [1.82, 2.24) is 9.66 Å². The third-order valence-corrected chi connectivity index (χ3v) is 7.59. The number of hydrogen-bond acceptors (Lipinski definition) is 8. The van der Waals surface area contributed by atoms with Gasteiger partial charge in [-0.3, -0.25) is 14.9 Å². The van der Waals surface area contributed by atoms with Crippen molar-refractivity contribution < 1.29 is 18.8 Å². The van der Waals surface area contributed by atoms with Crippen molar-refractivity contribution in [3.63, 3.8) is 0 Å². The Balaban J connectivity index is 1.42. The molecular formula is C35H27BrN4O6. The maximum Gasteiger partial charge on any atom is 0.282 e. The fraction of sp³-hybridized carbons (Fsp3) is 0.114. The summed E-state index contributed by atoms with van der Waals surface area (Å²) in [5, 5.41) is 17.1. The predicted octanol–water partition coefficient (Wildman–Crippen LogP) is 8.07. The number of aromatic nitrogens is 2. The molecule has 46 heavy (non-hydrogen) atoms. The molecule has 10 nitrogen and oxygen atoms in total. The van der Waals surface area contributed by atoms with Crippen LogP contribution in [0.2, 0.25) is 0 Å². The van der Waals surface area contributed by atoms with E-state index in [4.69, 9.17) is 18.9 Å². The van der Waals surface area contributed by atoms with E-state index in [1.807, 2.05) is 43.3 Å². The molecule has 0 aliphatic heterocycles. The Labute approximate surface area is 271 Å². The zero-order valence-electron chi connectivity index (χ0n) is 24.7. The van der Waals surface area contributed by atoms with Gasteiger partial charge in [-0.1, -0.05) is 46.3 Å². The van der Waals surface area contributed by atoms with Crippen LogP contribution in [0.5, 0.6) is 11.5 Å². The molecule has 0 fully saturated rings. The van der Waals surface area contributed by atoms with Crippen molar-refractivity contribution in [2.45, 2.75) is 20.0 Å². The van der Waals surface area contributed by atoms with E-state index in [-0.39, 0.29) is 23.7 Å². The van der Waals surface area contributed by atoms with Gasteiger partial charge in [0.25, 0.3) is 11.2 Å². The number of nitrogens with zero attached hydrogens (tertiary/aromatic N) is 4. The lowest BCUT2D eigenvalue weighted by molar-refractivity contribution is -0.384. The summed E-state index contributed by atoms with van der Waals surface area (Å²) in [7, 11) is 0. The third kappa shape index (κ3) is 6.31. The van der Waals surface area contributed by atoms with Crippen molar-refractivity contribution in [3.05, 3.63) is 139 Å². The number of non-ortho nitro benzene ring substituents is 1. The number of halogens is 1. The molecule has 6 rings (SSSR count). The minimum Gasteiger partial charge on any atom is -0.490 e. The number of benzene rings is 4. The maximum absolute atomic E-state index is 13.8. The van der Waals surface area contributed by atoms with E-state index in [2.05, 4.69) is 27.6 Å². The Morgan fingerprint density at radius 1 is 1.07 bits per heavy atom. The summed E-state index contributed by atoms with van der Waals surface area (Å²) in [6.45, 7) is 6.20. The highest BCUT2D eigenvalue weighted by Crippen LogP contribution is 2.35. The topological polar surface area (TPSA) is 122 Å². The first-order chi connectivity index (χ1) is 22.3. The van der Waals surface area contributed by atoms with E-state index >= 15 is 0 Å². The van der Waals surface area contributed by atoms with Gasteiger partial charge in [0.15, 0.2) is 17.3 Å². The molecule has 6 aromatic rings. The summed E-state index contributed by atoms with van der Waals surface area (Å²) in [5.74, 6) is 1.59. The van der Waals surface area contributed by atoms with Gasteiger partial charge >= 0.3 is 0 Å². The zero-order valence-corrected chi connectivity index (χ0v) is 26.3. The van der Waals surface area contributed by atoms with Gasteiger partial charge in [-0.05, 0) is 73.0 Å². The first kappa shape index (κ1) is 30.5. The second-order valence-corrected chi connectivity index (χ2v) is 11.2. The van der Waals surface area contributed by atoms with E-state index in [0.717, 1.165) is 15.4 Å². The van der Waals surface area contributed by atoms with Crippen LogP contribution in [0, 0.1) is 10.1 Å². The van der Waals surface area contributed by atoms with Crippen LogP contribution in [0.3, 0.4) is 0 Å². The lowest BCUT2D eigenvalue weighted by Crippen LogP contribution is -2.20. The van der Waals surface area contributed by atoms with Crippen LogP contribution in [0.1, 0.15) is 23.6 Å². The van der Waals surface area contributed by atoms with Crippen molar-refractivity contribution in [3.8, 4) is 23.1 Å². The molecule has 0 radical (unpaired) electrons. The molecule has 0 spiro atoms. The Hall–Kier alpha value is -5.55. The number of nitro benzene ring substituents is 1. The summed E-state index contributed by atoms with van der Waals surface area (Å²) < 4.78 is 20.4. The highest BCUT2D eigenvalue weighted by Gasteiger charge is 2.18. The Kier molecular flexibility index (Phi) is 8.75. The minimum absolute atomic E-state index is 0.0164. The van der Waals surface area contributed by atoms with Gasteiger partial charge in [0.1, 0.15) is 12.2 Å². The number of ether oxygens (including phenoxy) is 2. The second-order valence-electron chi connectivity index (χ2n) is 10.3. The van der Waals surface area contributed by atoms with E-state index < -0.39 is 4.92 Å². The quantitative estimate of drug-likeness (QED) is 0.0588. The fourth-order valence-corrected chi connectivity index (χ4v) is 5.43. The summed E-state index contributed by atoms with van der Waals surface area (Å²) in [6.07, 6.45) is 3.74. The second kappa shape index (κ2) is 13.2. The summed E-state index contributed by atoms with van der Waals surface area (Å²) in [5.41, 5.74) is 2.84. The van der Waals surface area contributed by atoms with Gasteiger partial charge < -0.3 is 13.9 Å². The Morgan fingerprint density at radius 2 is 1.91 bits per heavy atom. The average molecular weight is 680 g/mol. The highest BCUT2D eigenvalue weighted by molar-refractivity contribution is 9.10. The first-order valence-corrected chi connectivity index (χ1v) is 15.2. The molecule has 4 aromatic carbocycles. The highest BCUT2D eigenvalue weighted by atomic mass is 79.9. The van der Waals surface area contributed by atoms with Crippen molar-refractivity contribution >= 4 is 49.7 Å². The number of rotatable bonds is 11. The van der Waals surface area contributed by atoms with E-state index in [0.29, 0.717) is 57.9 Å². The van der Waals surface area contributed by atoms with Crippen LogP contribution >= 0.6 is 15.9 Å². The van der Waals surface area contributed by atoms with Crippen LogP contribution in [-0.4, -0.2) is 27.4 Å². The molecule has 0 aliphatic rings. The lowest BCUT2D eigenvalue weighted by atomic mass is 10.1. The normalized spacial score (nSPS) is 11.3.